The summed E-state index contributed by atoms with van der Waals surface area (Å²) in [4.78, 5) is 2.82. The fourth-order valence-corrected chi connectivity index (χ4v) is 0.442. The number of nitrogens with zero attached hydrogens (tertiary/aromatic N) is 1. The molecule has 0 saturated carbocycles. The molecule has 9 heavy (non-hydrogen) atoms. The molecule has 52 valence electrons. The fourth-order valence-electron chi connectivity index (χ4n) is 0.442. The zero-order chi connectivity index (χ0) is 5.98. The lowest BCUT2D eigenvalue weighted by Gasteiger charge is -1.75. The molecular formula is C3H8ClN5. The number of nitrogens with one attached hydrogen (secondary N) is 3. The average Bonchev–Trinajstić information content (AvgIpc) is 2.14. The number of hydrazine groups is 1. The maximum Gasteiger partial charge on any atom is 0.391 e. The van der Waals surface area contributed by atoms with E-state index in [0.717, 1.165) is 5.82 Å². The standard InChI is InChI=1S/C3H7N5.ClH/c1-2-5-3(6-4)8-7-2;/h4H2,1H3,(H2,5,6,7,8);1H. The number of nitrogen functional groups attached to an aromatic ring is 1. The van der Waals surface area contributed by atoms with Crippen molar-refractivity contribution in [3.05, 3.63) is 5.82 Å². The summed E-state index contributed by atoms with van der Waals surface area (Å²) in [6.45, 7) is 1.86. The largest absolute Gasteiger partial charge is 1.00 e. The summed E-state index contributed by atoms with van der Waals surface area (Å²) < 4.78 is 0. The quantitative estimate of drug-likeness (QED) is 0.280. The second-order valence-corrected chi connectivity index (χ2v) is 1.47. The Labute approximate surface area is 58.4 Å². The lowest BCUT2D eigenvalue weighted by molar-refractivity contribution is -0.370. The van der Waals surface area contributed by atoms with Crippen molar-refractivity contribution in [3.63, 3.8) is 0 Å². The van der Waals surface area contributed by atoms with Gasteiger partial charge in [0.1, 0.15) is 0 Å². The van der Waals surface area contributed by atoms with Crippen molar-refractivity contribution in [2.75, 3.05) is 5.43 Å². The minimum atomic E-state index is 0. The van der Waals surface area contributed by atoms with Crippen molar-refractivity contribution in [2.45, 2.75) is 6.92 Å². The number of nitrogens with two attached hydrogens (primary N) is 1. The summed E-state index contributed by atoms with van der Waals surface area (Å²) in [7, 11) is 0. The Balaban J connectivity index is 0.000000640. The van der Waals surface area contributed by atoms with Gasteiger partial charge in [-0.3, -0.25) is 0 Å². The van der Waals surface area contributed by atoms with E-state index in [1.165, 1.54) is 0 Å². The Morgan fingerprint density at radius 2 is 2.44 bits per heavy atom. The third-order valence-electron chi connectivity index (χ3n) is 0.778. The highest BCUT2D eigenvalue weighted by atomic mass is 35.5. The molecule has 0 atom stereocenters. The predicted molar refractivity (Wildman–Crippen MR) is 27.7 cm³/mol. The summed E-state index contributed by atoms with van der Waals surface area (Å²) in [5.41, 5.74) is 2.35. The van der Waals surface area contributed by atoms with Crippen LogP contribution < -0.4 is 28.7 Å². The van der Waals surface area contributed by atoms with Gasteiger partial charge < -0.3 is 12.4 Å². The van der Waals surface area contributed by atoms with E-state index in [4.69, 9.17) is 5.84 Å². The molecule has 0 aliphatic carbocycles. The first-order valence-corrected chi connectivity index (χ1v) is 2.24. The normalized spacial score (nSPS) is 8.22. The zero-order valence-electron chi connectivity index (χ0n) is 4.90. The van der Waals surface area contributed by atoms with Crippen LogP contribution in [0.5, 0.6) is 0 Å². The van der Waals surface area contributed by atoms with E-state index in [1.54, 1.807) is 0 Å². The van der Waals surface area contributed by atoms with Crippen molar-refractivity contribution < 1.29 is 17.4 Å². The number of anilines is 1. The van der Waals surface area contributed by atoms with Gasteiger partial charge in [-0.1, -0.05) is 0 Å². The van der Waals surface area contributed by atoms with Crippen LogP contribution in [0.3, 0.4) is 0 Å². The Hall–Kier alpha value is -0.810. The Morgan fingerprint density at radius 1 is 1.78 bits per heavy atom. The molecule has 1 heterocycles. The van der Waals surface area contributed by atoms with E-state index in [-0.39, 0.29) is 12.4 Å². The Bertz CT molecular complexity index is 172. The lowest BCUT2D eigenvalue weighted by atomic mass is 10.8. The van der Waals surface area contributed by atoms with Crippen LogP contribution in [0.4, 0.5) is 5.95 Å². The van der Waals surface area contributed by atoms with Crippen molar-refractivity contribution >= 4 is 5.95 Å². The molecule has 0 radical (unpaired) electrons. The van der Waals surface area contributed by atoms with Gasteiger partial charge in [-0.05, 0) is 0 Å². The van der Waals surface area contributed by atoms with E-state index in [9.17, 15) is 0 Å². The van der Waals surface area contributed by atoms with E-state index in [2.05, 4.69) is 20.6 Å². The Morgan fingerprint density at radius 3 is 2.67 bits per heavy atom. The first-order valence-electron chi connectivity index (χ1n) is 2.24. The number of rotatable bonds is 1. The minimum absolute atomic E-state index is 0. The molecule has 0 fully saturated rings. The number of hydrogen-bond donors (Lipinski definition) is 3. The van der Waals surface area contributed by atoms with E-state index < -0.39 is 0 Å². The van der Waals surface area contributed by atoms with Crippen LogP contribution in [0.25, 0.3) is 0 Å². The van der Waals surface area contributed by atoms with E-state index in [0.29, 0.717) is 5.95 Å². The molecule has 0 unspecified atom stereocenters. The summed E-state index contributed by atoms with van der Waals surface area (Å²) in [5.74, 6) is 6.42. The second-order valence-electron chi connectivity index (χ2n) is 1.47. The number of aromatic amines is 2. The summed E-state index contributed by atoms with van der Waals surface area (Å²) >= 11 is 0. The topological polar surface area (TPSA) is 80.9 Å². The molecule has 0 amide bonds. The SMILES string of the molecule is Cc1[nH]nc(NN)[nH+]1.[Cl-]. The fraction of sp³-hybridized carbons (Fsp3) is 0.333. The van der Waals surface area contributed by atoms with Gasteiger partial charge in [0, 0.05) is 12.0 Å². The third-order valence-corrected chi connectivity index (χ3v) is 0.778. The molecule has 5 nitrogen and oxygen atoms in total. The number of hydrogen-bond acceptors (Lipinski definition) is 3. The highest BCUT2D eigenvalue weighted by molar-refractivity contribution is 5.08. The molecular weight excluding hydrogens is 142 g/mol. The smallest absolute Gasteiger partial charge is 0.391 e. The summed E-state index contributed by atoms with van der Waals surface area (Å²) in [6, 6.07) is 0. The maximum atomic E-state index is 5.00. The van der Waals surface area contributed by atoms with Crippen LogP contribution in [-0.2, 0) is 0 Å². The highest BCUT2D eigenvalue weighted by Crippen LogP contribution is 1.82. The van der Waals surface area contributed by atoms with Gasteiger partial charge in [-0.2, -0.15) is 5.10 Å². The minimum Gasteiger partial charge on any atom is -1.00 e. The predicted octanol–water partition coefficient (Wildman–Crippen LogP) is -4.18. The molecule has 0 aromatic carbocycles. The molecule has 6 heteroatoms. The zero-order valence-corrected chi connectivity index (χ0v) is 5.66. The number of H-pyrrole nitrogens is 2. The van der Waals surface area contributed by atoms with E-state index >= 15 is 0 Å². The van der Waals surface area contributed by atoms with Crippen LogP contribution in [0.15, 0.2) is 0 Å². The van der Waals surface area contributed by atoms with E-state index in [1.807, 2.05) is 6.92 Å². The van der Waals surface area contributed by atoms with Crippen LogP contribution in [-0.4, -0.2) is 10.2 Å². The molecule has 0 aliphatic rings. The average molecular weight is 150 g/mol. The van der Waals surface area contributed by atoms with Gasteiger partial charge in [-0.25, -0.2) is 16.3 Å². The molecule has 1 rings (SSSR count). The summed E-state index contributed by atoms with van der Waals surface area (Å²) in [6.07, 6.45) is 0. The van der Waals surface area contributed by atoms with Crippen molar-refractivity contribution in [2.24, 2.45) is 5.84 Å². The van der Waals surface area contributed by atoms with Crippen LogP contribution in [0, 0.1) is 6.92 Å². The van der Waals surface area contributed by atoms with Gasteiger partial charge in [0.25, 0.3) is 0 Å². The maximum absolute atomic E-state index is 5.00. The molecule has 5 N–H and O–H groups in total. The molecule has 0 saturated heterocycles. The number of halogens is 1. The van der Waals surface area contributed by atoms with Crippen LogP contribution >= 0.6 is 0 Å². The van der Waals surface area contributed by atoms with Crippen molar-refractivity contribution in [1.82, 2.24) is 10.2 Å². The van der Waals surface area contributed by atoms with Gasteiger partial charge in [-0.15, -0.1) is 0 Å². The summed E-state index contributed by atoms with van der Waals surface area (Å²) in [5, 5.41) is 6.39. The highest BCUT2D eigenvalue weighted by Gasteiger charge is 2.00. The first-order chi connectivity index (χ1) is 3.83. The van der Waals surface area contributed by atoms with Crippen LogP contribution in [0.2, 0.25) is 0 Å². The van der Waals surface area contributed by atoms with Gasteiger partial charge in [0.05, 0.1) is 0 Å². The first kappa shape index (κ1) is 8.19. The second kappa shape index (κ2) is 3.26. The van der Waals surface area contributed by atoms with Crippen LogP contribution in [0.1, 0.15) is 5.82 Å². The number of aromatic nitrogens is 3. The van der Waals surface area contributed by atoms with Crippen molar-refractivity contribution in [1.29, 1.82) is 0 Å². The molecule has 1 aromatic heterocycles. The molecule has 0 spiro atoms. The van der Waals surface area contributed by atoms with Gasteiger partial charge in [0.2, 0.25) is 0 Å². The molecule has 1 aromatic rings. The lowest BCUT2D eigenvalue weighted by Crippen LogP contribution is -3.00. The number of aryl methyl sites for hydroxylation is 1. The van der Waals surface area contributed by atoms with Gasteiger partial charge in [0.15, 0.2) is 5.82 Å². The Kier molecular flexibility index (Phi) is 2.97. The monoisotopic (exact) mass is 149 g/mol. The van der Waals surface area contributed by atoms with Gasteiger partial charge >= 0.3 is 5.95 Å². The molecule has 0 bridgehead atoms. The molecule has 0 aliphatic heterocycles. The van der Waals surface area contributed by atoms with Crippen molar-refractivity contribution in [3.8, 4) is 0 Å². The third kappa shape index (κ3) is 1.87.